The number of rotatable bonds is 8. The first kappa shape index (κ1) is 22.5. The second kappa shape index (κ2) is 11.9. The molecule has 2 aromatic rings. The lowest BCUT2D eigenvalue weighted by Gasteiger charge is -2.19. The molecule has 0 fully saturated rings. The van der Waals surface area contributed by atoms with E-state index in [0.717, 1.165) is 30.7 Å². The highest BCUT2D eigenvalue weighted by atomic mass is 127. The van der Waals surface area contributed by atoms with E-state index in [0.29, 0.717) is 12.6 Å². The number of benzene rings is 1. The minimum Gasteiger partial charge on any atom is -0.354 e. The van der Waals surface area contributed by atoms with Crippen molar-refractivity contribution >= 4 is 29.9 Å². The number of hydrogen-bond donors (Lipinski definition) is 2. The Hall–Kier alpha value is -1.57. The highest BCUT2D eigenvalue weighted by molar-refractivity contribution is 14.0. The fourth-order valence-electron chi connectivity index (χ4n) is 2.68. The van der Waals surface area contributed by atoms with Crippen molar-refractivity contribution in [3.8, 4) is 0 Å². The van der Waals surface area contributed by atoms with Crippen molar-refractivity contribution in [2.24, 2.45) is 10.9 Å². The van der Waals surface area contributed by atoms with Gasteiger partial charge in [-0.15, -0.1) is 24.0 Å². The number of aromatic nitrogens is 2. The molecule has 5 nitrogen and oxygen atoms in total. The molecule has 0 saturated carbocycles. The molecule has 1 heterocycles. The maximum absolute atomic E-state index is 4.47. The maximum atomic E-state index is 4.47. The van der Waals surface area contributed by atoms with E-state index < -0.39 is 0 Å². The number of halogens is 1. The molecule has 1 atom stereocenters. The SMILES string of the molecule is CN=C(NCc1nccn1Cc1ccccc1)NC(C)CCC(C)C.I. The van der Waals surface area contributed by atoms with Crippen molar-refractivity contribution < 1.29 is 0 Å². The van der Waals surface area contributed by atoms with E-state index in [1.165, 1.54) is 12.0 Å². The minimum absolute atomic E-state index is 0. The van der Waals surface area contributed by atoms with Gasteiger partial charge in [0.1, 0.15) is 5.82 Å². The summed E-state index contributed by atoms with van der Waals surface area (Å²) >= 11 is 0. The van der Waals surface area contributed by atoms with Crippen molar-refractivity contribution in [1.82, 2.24) is 20.2 Å². The first-order valence-corrected chi connectivity index (χ1v) is 9.09. The van der Waals surface area contributed by atoms with E-state index >= 15 is 0 Å². The van der Waals surface area contributed by atoms with Crippen LogP contribution in [-0.4, -0.2) is 28.6 Å². The van der Waals surface area contributed by atoms with Crippen LogP contribution in [0.15, 0.2) is 47.7 Å². The van der Waals surface area contributed by atoms with E-state index in [9.17, 15) is 0 Å². The zero-order valence-electron chi connectivity index (χ0n) is 16.3. The molecule has 1 aromatic heterocycles. The van der Waals surface area contributed by atoms with E-state index in [1.54, 1.807) is 7.05 Å². The zero-order chi connectivity index (χ0) is 18.1. The number of guanidine groups is 1. The fourth-order valence-corrected chi connectivity index (χ4v) is 2.68. The lowest BCUT2D eigenvalue weighted by molar-refractivity contribution is 0.488. The monoisotopic (exact) mass is 469 g/mol. The number of aliphatic imine (C=N–C) groups is 1. The Morgan fingerprint density at radius 1 is 1.15 bits per heavy atom. The van der Waals surface area contributed by atoms with Crippen LogP contribution in [0.3, 0.4) is 0 Å². The van der Waals surface area contributed by atoms with Gasteiger partial charge in [-0.3, -0.25) is 4.99 Å². The lowest BCUT2D eigenvalue weighted by Crippen LogP contribution is -2.42. The third-order valence-electron chi connectivity index (χ3n) is 4.20. The Kier molecular flexibility index (Phi) is 10.3. The summed E-state index contributed by atoms with van der Waals surface area (Å²) in [4.78, 5) is 8.80. The Morgan fingerprint density at radius 2 is 1.88 bits per heavy atom. The molecule has 0 aliphatic rings. The van der Waals surface area contributed by atoms with E-state index in [1.807, 2.05) is 18.5 Å². The van der Waals surface area contributed by atoms with Crippen LogP contribution in [0.2, 0.25) is 0 Å². The molecule has 0 radical (unpaired) electrons. The summed E-state index contributed by atoms with van der Waals surface area (Å²) in [6.45, 7) is 8.19. The maximum Gasteiger partial charge on any atom is 0.191 e. The van der Waals surface area contributed by atoms with Crippen LogP contribution in [0, 0.1) is 5.92 Å². The van der Waals surface area contributed by atoms with Crippen molar-refractivity contribution in [3.63, 3.8) is 0 Å². The summed E-state index contributed by atoms with van der Waals surface area (Å²) in [6.07, 6.45) is 6.22. The van der Waals surface area contributed by atoms with E-state index in [2.05, 4.69) is 70.2 Å². The molecule has 1 aromatic carbocycles. The normalized spacial score (nSPS) is 12.6. The molecule has 0 aliphatic heterocycles. The summed E-state index contributed by atoms with van der Waals surface area (Å²) in [5.41, 5.74) is 1.27. The third kappa shape index (κ3) is 7.76. The van der Waals surface area contributed by atoms with E-state index in [4.69, 9.17) is 0 Å². The first-order valence-electron chi connectivity index (χ1n) is 9.09. The van der Waals surface area contributed by atoms with Gasteiger partial charge in [0, 0.05) is 32.0 Å². The number of imidazole rings is 1. The highest BCUT2D eigenvalue weighted by Gasteiger charge is 2.08. The topological polar surface area (TPSA) is 54.2 Å². The van der Waals surface area contributed by atoms with Gasteiger partial charge >= 0.3 is 0 Å². The molecule has 0 bridgehead atoms. The van der Waals surface area contributed by atoms with Gasteiger partial charge in [-0.2, -0.15) is 0 Å². The van der Waals surface area contributed by atoms with Gasteiger partial charge in [0.15, 0.2) is 5.96 Å². The van der Waals surface area contributed by atoms with Crippen molar-refractivity contribution in [1.29, 1.82) is 0 Å². The molecule has 26 heavy (non-hydrogen) atoms. The van der Waals surface area contributed by atoms with Crippen molar-refractivity contribution in [3.05, 3.63) is 54.1 Å². The van der Waals surface area contributed by atoms with Crippen molar-refractivity contribution in [2.75, 3.05) is 7.05 Å². The summed E-state index contributed by atoms with van der Waals surface area (Å²) in [6, 6.07) is 10.8. The molecular formula is C20H32IN5. The summed E-state index contributed by atoms with van der Waals surface area (Å²) in [7, 11) is 1.81. The molecular weight excluding hydrogens is 437 g/mol. The van der Waals surface area contributed by atoms with Gasteiger partial charge in [-0.05, 0) is 31.2 Å². The molecule has 6 heteroatoms. The zero-order valence-corrected chi connectivity index (χ0v) is 18.6. The van der Waals surface area contributed by atoms with Crippen LogP contribution in [0.5, 0.6) is 0 Å². The Bertz CT molecular complexity index is 651. The largest absolute Gasteiger partial charge is 0.354 e. The van der Waals surface area contributed by atoms with Crippen LogP contribution < -0.4 is 10.6 Å². The predicted molar refractivity (Wildman–Crippen MR) is 120 cm³/mol. The second-order valence-electron chi connectivity index (χ2n) is 6.90. The molecule has 1 unspecified atom stereocenters. The third-order valence-corrected chi connectivity index (χ3v) is 4.20. The minimum atomic E-state index is 0. The highest BCUT2D eigenvalue weighted by Crippen LogP contribution is 2.07. The second-order valence-corrected chi connectivity index (χ2v) is 6.90. The number of hydrogen-bond acceptors (Lipinski definition) is 2. The van der Waals surface area contributed by atoms with Gasteiger partial charge in [0.05, 0.1) is 6.54 Å². The first-order chi connectivity index (χ1) is 12.1. The standard InChI is InChI=1S/C20H31N5.HI/c1-16(2)10-11-17(3)24-20(21-4)23-14-19-22-12-13-25(19)15-18-8-6-5-7-9-18;/h5-9,12-13,16-17H,10-11,14-15H2,1-4H3,(H2,21,23,24);1H. The van der Waals surface area contributed by atoms with Crippen LogP contribution in [0.25, 0.3) is 0 Å². The van der Waals surface area contributed by atoms with Gasteiger partial charge in [-0.25, -0.2) is 4.98 Å². The van der Waals surface area contributed by atoms with Crippen molar-refractivity contribution in [2.45, 2.75) is 52.7 Å². The van der Waals surface area contributed by atoms with E-state index in [-0.39, 0.29) is 24.0 Å². The molecule has 0 aliphatic carbocycles. The van der Waals surface area contributed by atoms with Gasteiger partial charge in [-0.1, -0.05) is 44.2 Å². The lowest BCUT2D eigenvalue weighted by atomic mass is 10.0. The van der Waals surface area contributed by atoms with Gasteiger partial charge < -0.3 is 15.2 Å². The Morgan fingerprint density at radius 3 is 2.54 bits per heavy atom. The van der Waals surface area contributed by atoms with Gasteiger partial charge in [0.2, 0.25) is 0 Å². The quantitative estimate of drug-likeness (QED) is 0.349. The molecule has 0 amide bonds. The van der Waals surface area contributed by atoms with Crippen LogP contribution in [0.1, 0.15) is 45.0 Å². The Labute approximate surface area is 174 Å². The molecule has 144 valence electrons. The van der Waals surface area contributed by atoms with Crippen LogP contribution >= 0.6 is 24.0 Å². The number of nitrogens with one attached hydrogen (secondary N) is 2. The van der Waals surface area contributed by atoms with Gasteiger partial charge in [0.25, 0.3) is 0 Å². The number of nitrogens with zero attached hydrogens (tertiary/aromatic N) is 3. The molecule has 2 N–H and O–H groups in total. The summed E-state index contributed by atoms with van der Waals surface area (Å²) in [5, 5.41) is 6.83. The molecule has 2 rings (SSSR count). The Balaban J connectivity index is 0.00000338. The molecule has 0 spiro atoms. The van der Waals surface area contributed by atoms with Crippen LogP contribution in [0.4, 0.5) is 0 Å². The fraction of sp³-hybridized carbons (Fsp3) is 0.500. The average molecular weight is 469 g/mol. The summed E-state index contributed by atoms with van der Waals surface area (Å²) in [5.74, 6) is 2.55. The van der Waals surface area contributed by atoms with Crippen LogP contribution in [-0.2, 0) is 13.1 Å². The predicted octanol–water partition coefficient (Wildman–Crippen LogP) is 4.04. The molecule has 0 saturated heterocycles. The smallest absolute Gasteiger partial charge is 0.191 e. The summed E-state index contributed by atoms with van der Waals surface area (Å²) < 4.78 is 2.16. The average Bonchev–Trinajstić information content (AvgIpc) is 3.04.